The van der Waals surface area contributed by atoms with Crippen molar-refractivity contribution in [3.8, 4) is 0 Å². The SMILES string of the molecule is O=C(NC1(C(=O)O)CCOC1)c1ccc2n[nH]nc2c1. The van der Waals surface area contributed by atoms with Gasteiger partial charge in [0.15, 0.2) is 5.54 Å². The van der Waals surface area contributed by atoms with Crippen LogP contribution in [0.1, 0.15) is 16.8 Å². The Labute approximate surface area is 113 Å². The maximum Gasteiger partial charge on any atom is 0.331 e. The number of aromatic amines is 1. The van der Waals surface area contributed by atoms with Gasteiger partial charge in [0.25, 0.3) is 5.91 Å². The van der Waals surface area contributed by atoms with Gasteiger partial charge in [-0.1, -0.05) is 0 Å². The summed E-state index contributed by atoms with van der Waals surface area (Å²) in [6, 6.07) is 4.78. The number of H-pyrrole nitrogens is 1. The number of ether oxygens (including phenoxy) is 1. The smallest absolute Gasteiger partial charge is 0.331 e. The average Bonchev–Trinajstić information content (AvgIpc) is 3.06. The number of carboxylic acids is 1. The van der Waals surface area contributed by atoms with Crippen LogP contribution >= 0.6 is 0 Å². The van der Waals surface area contributed by atoms with Crippen LogP contribution in [-0.2, 0) is 9.53 Å². The minimum Gasteiger partial charge on any atom is -0.479 e. The maximum absolute atomic E-state index is 12.2. The van der Waals surface area contributed by atoms with Crippen molar-refractivity contribution in [2.45, 2.75) is 12.0 Å². The van der Waals surface area contributed by atoms with E-state index in [4.69, 9.17) is 4.74 Å². The van der Waals surface area contributed by atoms with Gasteiger partial charge >= 0.3 is 5.97 Å². The fourth-order valence-electron chi connectivity index (χ4n) is 2.16. The van der Waals surface area contributed by atoms with Crippen molar-refractivity contribution in [2.24, 2.45) is 0 Å². The first-order valence-electron chi connectivity index (χ1n) is 6.05. The van der Waals surface area contributed by atoms with E-state index in [1.54, 1.807) is 18.2 Å². The van der Waals surface area contributed by atoms with Crippen LogP contribution < -0.4 is 5.32 Å². The van der Waals surface area contributed by atoms with E-state index in [1.165, 1.54) is 0 Å². The van der Waals surface area contributed by atoms with Crippen molar-refractivity contribution in [1.82, 2.24) is 20.7 Å². The average molecular weight is 276 g/mol. The van der Waals surface area contributed by atoms with E-state index >= 15 is 0 Å². The quantitative estimate of drug-likeness (QED) is 0.722. The highest BCUT2D eigenvalue weighted by Crippen LogP contribution is 2.20. The van der Waals surface area contributed by atoms with Gasteiger partial charge in [-0.15, -0.1) is 0 Å². The van der Waals surface area contributed by atoms with Crippen molar-refractivity contribution >= 4 is 22.9 Å². The Morgan fingerprint density at radius 1 is 1.35 bits per heavy atom. The van der Waals surface area contributed by atoms with E-state index < -0.39 is 17.4 Å². The second-order valence-electron chi connectivity index (χ2n) is 4.67. The molecule has 2 aromatic rings. The molecule has 2 heterocycles. The molecule has 1 unspecified atom stereocenters. The molecule has 1 aromatic carbocycles. The minimum atomic E-state index is -1.35. The molecule has 1 atom stereocenters. The maximum atomic E-state index is 12.2. The number of nitrogens with one attached hydrogen (secondary N) is 2. The van der Waals surface area contributed by atoms with Crippen LogP contribution in [0, 0.1) is 0 Å². The topological polar surface area (TPSA) is 117 Å². The number of carbonyl (C=O) groups is 2. The van der Waals surface area contributed by atoms with Crippen molar-refractivity contribution in [2.75, 3.05) is 13.2 Å². The Balaban J connectivity index is 1.86. The van der Waals surface area contributed by atoms with Crippen LogP contribution in [0.15, 0.2) is 18.2 Å². The van der Waals surface area contributed by atoms with E-state index in [0.717, 1.165) is 0 Å². The van der Waals surface area contributed by atoms with E-state index in [2.05, 4.69) is 20.7 Å². The largest absolute Gasteiger partial charge is 0.479 e. The van der Waals surface area contributed by atoms with Crippen molar-refractivity contribution in [1.29, 1.82) is 0 Å². The zero-order chi connectivity index (χ0) is 14.2. The molecule has 1 aliphatic rings. The molecule has 8 nitrogen and oxygen atoms in total. The van der Waals surface area contributed by atoms with Gasteiger partial charge < -0.3 is 15.2 Å². The van der Waals surface area contributed by atoms with Crippen LogP contribution in [0.4, 0.5) is 0 Å². The summed E-state index contributed by atoms with van der Waals surface area (Å²) in [6.07, 6.45) is 0.250. The highest BCUT2D eigenvalue weighted by molar-refractivity contribution is 6.00. The molecule has 104 valence electrons. The monoisotopic (exact) mass is 276 g/mol. The van der Waals surface area contributed by atoms with E-state index in [0.29, 0.717) is 23.2 Å². The van der Waals surface area contributed by atoms with Gasteiger partial charge in [-0.05, 0) is 18.2 Å². The van der Waals surface area contributed by atoms with E-state index in [-0.39, 0.29) is 13.0 Å². The minimum absolute atomic E-state index is 0.0275. The summed E-state index contributed by atoms with van der Waals surface area (Å²) in [7, 11) is 0. The molecule has 0 spiro atoms. The first-order valence-corrected chi connectivity index (χ1v) is 6.05. The van der Waals surface area contributed by atoms with Crippen molar-refractivity contribution < 1.29 is 19.4 Å². The van der Waals surface area contributed by atoms with Gasteiger partial charge in [0.1, 0.15) is 11.0 Å². The molecule has 3 N–H and O–H groups in total. The van der Waals surface area contributed by atoms with Gasteiger partial charge in [0.2, 0.25) is 0 Å². The third-order valence-electron chi connectivity index (χ3n) is 3.36. The number of hydrogen-bond acceptors (Lipinski definition) is 5. The molecule has 0 radical (unpaired) electrons. The van der Waals surface area contributed by atoms with Crippen molar-refractivity contribution in [3.05, 3.63) is 23.8 Å². The molecule has 1 fully saturated rings. The number of rotatable bonds is 3. The fraction of sp³-hybridized carbons (Fsp3) is 0.333. The normalized spacial score (nSPS) is 22.0. The van der Waals surface area contributed by atoms with Gasteiger partial charge in [-0.25, -0.2) is 4.79 Å². The summed E-state index contributed by atoms with van der Waals surface area (Å²) in [5.41, 5.74) is 0.165. The van der Waals surface area contributed by atoms with Gasteiger partial charge in [0.05, 0.1) is 6.61 Å². The number of amides is 1. The predicted octanol–water partition coefficient (Wildman–Crippen LogP) is -0.0686. The Bertz CT molecular complexity index is 675. The van der Waals surface area contributed by atoms with E-state index in [9.17, 15) is 14.7 Å². The van der Waals surface area contributed by atoms with Crippen LogP contribution in [0.2, 0.25) is 0 Å². The number of fused-ring (bicyclic) bond motifs is 1. The molecule has 0 saturated carbocycles. The summed E-state index contributed by atoms with van der Waals surface area (Å²) < 4.78 is 5.09. The van der Waals surface area contributed by atoms with Crippen molar-refractivity contribution in [3.63, 3.8) is 0 Å². The number of carboxylic acid groups (broad SMARTS) is 1. The molecule has 1 saturated heterocycles. The van der Waals surface area contributed by atoms with Crippen LogP contribution in [0.25, 0.3) is 11.0 Å². The highest BCUT2D eigenvalue weighted by atomic mass is 16.5. The number of benzene rings is 1. The summed E-state index contributed by atoms with van der Waals surface area (Å²) in [5, 5.41) is 22.0. The fourth-order valence-corrected chi connectivity index (χ4v) is 2.16. The number of carbonyl (C=O) groups excluding carboxylic acids is 1. The molecule has 1 aromatic heterocycles. The first kappa shape index (κ1) is 12.5. The second-order valence-corrected chi connectivity index (χ2v) is 4.67. The lowest BCUT2D eigenvalue weighted by atomic mass is 9.98. The molecule has 8 heteroatoms. The number of aliphatic carboxylic acids is 1. The Morgan fingerprint density at radius 3 is 2.85 bits per heavy atom. The lowest BCUT2D eigenvalue weighted by Gasteiger charge is -2.23. The predicted molar refractivity (Wildman–Crippen MR) is 67.2 cm³/mol. The lowest BCUT2D eigenvalue weighted by Crippen LogP contribution is -2.55. The molecule has 20 heavy (non-hydrogen) atoms. The van der Waals surface area contributed by atoms with Gasteiger partial charge in [-0.3, -0.25) is 4.79 Å². The highest BCUT2D eigenvalue weighted by Gasteiger charge is 2.44. The molecule has 3 rings (SSSR count). The summed E-state index contributed by atoms with van der Waals surface area (Å²) in [5.74, 6) is -1.56. The first-order chi connectivity index (χ1) is 9.61. The summed E-state index contributed by atoms with van der Waals surface area (Å²) >= 11 is 0. The third kappa shape index (κ3) is 1.99. The molecule has 1 amide bonds. The van der Waals surface area contributed by atoms with Gasteiger partial charge in [-0.2, -0.15) is 15.4 Å². The molecular weight excluding hydrogens is 264 g/mol. The van der Waals surface area contributed by atoms with Crippen LogP contribution in [0.5, 0.6) is 0 Å². The number of hydrogen-bond donors (Lipinski definition) is 3. The zero-order valence-electron chi connectivity index (χ0n) is 10.4. The lowest BCUT2D eigenvalue weighted by molar-refractivity contribution is -0.144. The summed E-state index contributed by atoms with van der Waals surface area (Å²) in [6.45, 7) is 0.287. The van der Waals surface area contributed by atoms with Crippen LogP contribution in [0.3, 0.4) is 0 Å². The second kappa shape index (κ2) is 4.57. The number of nitrogens with zero attached hydrogens (tertiary/aromatic N) is 2. The molecule has 1 aliphatic heterocycles. The Hall–Kier alpha value is -2.48. The van der Waals surface area contributed by atoms with E-state index in [1.807, 2.05) is 0 Å². The third-order valence-corrected chi connectivity index (χ3v) is 3.36. The standard InChI is InChI=1S/C12H12N4O4/c17-10(13-12(11(18)19)3-4-20-6-12)7-1-2-8-9(5-7)15-16-14-8/h1-2,5H,3-4,6H2,(H,13,17)(H,18,19)(H,14,15,16). The molecule has 0 aliphatic carbocycles. The molecular formula is C12H12N4O4. The number of aromatic nitrogens is 3. The summed E-state index contributed by atoms with van der Waals surface area (Å²) in [4.78, 5) is 23.5. The Kier molecular flexibility index (Phi) is 2.87. The zero-order valence-corrected chi connectivity index (χ0v) is 10.4. The van der Waals surface area contributed by atoms with Crippen LogP contribution in [-0.4, -0.2) is 51.1 Å². The Morgan fingerprint density at radius 2 is 2.15 bits per heavy atom. The molecule has 0 bridgehead atoms. The van der Waals surface area contributed by atoms with Gasteiger partial charge in [0, 0.05) is 18.6 Å².